The SMILES string of the molecule is C1C[C]2([Zr][C]34CCC(CC3)C4)CCC1C2.FC(F)(F)C1=[C]([Zr][C]2=C(C(F)(F)F)C=CC2)CC=C1. The Balaban J connectivity index is 0.000000144. The first-order valence-electron chi connectivity index (χ1n) is 12.5. The molecule has 0 radical (unpaired) electrons. The van der Waals surface area contributed by atoms with Crippen LogP contribution >= 0.6 is 0 Å². The van der Waals surface area contributed by atoms with Crippen LogP contribution in [0, 0.1) is 11.8 Å². The Hall–Kier alpha value is 0.306. The first kappa shape index (κ1) is 25.9. The first-order chi connectivity index (χ1) is 16.0. The number of halogens is 6. The van der Waals surface area contributed by atoms with Crippen molar-refractivity contribution in [2.45, 2.75) is 95.6 Å². The van der Waals surface area contributed by atoms with E-state index in [1.165, 1.54) is 24.0 Å². The number of rotatable bonds is 4. The number of allylic oxidation sites excluding steroid dienone is 8. The number of hydrogen-bond acceptors (Lipinski definition) is 0. The van der Waals surface area contributed by atoms with Crippen molar-refractivity contribution in [1.29, 1.82) is 0 Å². The van der Waals surface area contributed by atoms with Gasteiger partial charge in [-0.3, -0.25) is 0 Å². The monoisotopic (exact) mass is 636 g/mol. The van der Waals surface area contributed by atoms with Crippen LogP contribution in [-0.4, -0.2) is 12.4 Å². The van der Waals surface area contributed by atoms with E-state index < -0.39 is 46.7 Å². The molecule has 34 heavy (non-hydrogen) atoms. The maximum atomic E-state index is 12.7. The molecule has 184 valence electrons. The molecule has 0 aromatic rings. The van der Waals surface area contributed by atoms with Gasteiger partial charge in [0.15, 0.2) is 0 Å². The zero-order valence-corrected chi connectivity index (χ0v) is 24.1. The van der Waals surface area contributed by atoms with Gasteiger partial charge in [-0.25, -0.2) is 0 Å². The van der Waals surface area contributed by atoms with E-state index in [9.17, 15) is 26.3 Å². The molecule has 0 atom stereocenters. The zero-order chi connectivity index (χ0) is 24.2. The van der Waals surface area contributed by atoms with Crippen molar-refractivity contribution in [2.75, 3.05) is 0 Å². The predicted molar refractivity (Wildman–Crippen MR) is 112 cm³/mol. The Morgan fingerprint density at radius 2 is 1.03 bits per heavy atom. The fourth-order valence-corrected chi connectivity index (χ4v) is 18.3. The molecular weight excluding hydrogens is 609 g/mol. The van der Waals surface area contributed by atoms with Gasteiger partial charge in [-0.2, -0.15) is 0 Å². The summed E-state index contributed by atoms with van der Waals surface area (Å²) in [7, 11) is 0. The van der Waals surface area contributed by atoms with Crippen LogP contribution in [0.1, 0.15) is 77.0 Å². The molecule has 6 rings (SSSR count). The Kier molecular flexibility index (Phi) is 7.29. The second-order valence-electron chi connectivity index (χ2n) is 11.1. The zero-order valence-electron chi connectivity index (χ0n) is 19.2. The van der Waals surface area contributed by atoms with Gasteiger partial charge in [-0.05, 0) is 0 Å². The van der Waals surface area contributed by atoms with E-state index in [0.29, 0.717) is 0 Å². The van der Waals surface area contributed by atoms with Crippen molar-refractivity contribution >= 4 is 0 Å². The summed E-state index contributed by atoms with van der Waals surface area (Å²) in [6, 6.07) is 0. The number of hydrogen-bond donors (Lipinski definition) is 0. The van der Waals surface area contributed by atoms with Crippen molar-refractivity contribution in [2.24, 2.45) is 11.8 Å². The topological polar surface area (TPSA) is 0 Å². The van der Waals surface area contributed by atoms with Gasteiger partial charge in [0.1, 0.15) is 0 Å². The Morgan fingerprint density at radius 3 is 1.32 bits per heavy atom. The van der Waals surface area contributed by atoms with E-state index in [1.54, 1.807) is 64.2 Å². The molecule has 0 unspecified atom stereocenters. The second kappa shape index (κ2) is 9.56. The summed E-state index contributed by atoms with van der Waals surface area (Å²) in [5.74, 6) is 2.39. The predicted octanol–water partition coefficient (Wildman–Crippen LogP) is 9.20. The van der Waals surface area contributed by atoms with Crippen LogP contribution in [-0.2, 0) is 46.5 Å². The Morgan fingerprint density at radius 1 is 0.647 bits per heavy atom. The summed E-state index contributed by atoms with van der Waals surface area (Å²) in [4.78, 5) is 0. The van der Waals surface area contributed by atoms with Gasteiger partial charge in [0, 0.05) is 0 Å². The van der Waals surface area contributed by atoms with Crippen LogP contribution < -0.4 is 0 Å². The fraction of sp³-hybridized carbons (Fsp3) is 0.692. The molecule has 6 aliphatic rings. The molecular formula is C26H30F6Zr2. The van der Waals surface area contributed by atoms with E-state index in [4.69, 9.17) is 0 Å². The Bertz CT molecular complexity index is 846. The summed E-state index contributed by atoms with van der Waals surface area (Å²) in [5.41, 5.74) is -1.47. The van der Waals surface area contributed by atoms with Gasteiger partial charge in [-0.1, -0.05) is 0 Å². The average Bonchev–Trinajstić information content (AvgIpc) is 3.56. The van der Waals surface area contributed by atoms with Crippen molar-refractivity contribution in [3.8, 4) is 0 Å². The fourth-order valence-electron chi connectivity index (χ4n) is 7.26. The van der Waals surface area contributed by atoms with E-state index in [2.05, 4.69) is 0 Å². The average molecular weight is 639 g/mol. The molecule has 0 aromatic heterocycles. The quantitative estimate of drug-likeness (QED) is 0.270. The van der Waals surface area contributed by atoms with Crippen LogP contribution in [0.15, 0.2) is 42.0 Å². The van der Waals surface area contributed by atoms with E-state index in [0.717, 1.165) is 18.4 Å². The molecule has 0 aromatic carbocycles. The third kappa shape index (κ3) is 5.44. The minimum atomic E-state index is -4.46. The molecule has 0 saturated heterocycles. The second-order valence-corrected chi connectivity index (χ2v) is 20.5. The van der Waals surface area contributed by atoms with E-state index in [-0.39, 0.29) is 42.6 Å². The molecule has 0 nitrogen and oxygen atoms in total. The minimum absolute atomic E-state index is 0.0825. The van der Waals surface area contributed by atoms with Crippen molar-refractivity contribution in [1.82, 2.24) is 0 Å². The van der Waals surface area contributed by atoms with Gasteiger partial charge >= 0.3 is 222 Å². The van der Waals surface area contributed by atoms with Crippen LogP contribution in [0.2, 0.25) is 6.25 Å². The summed E-state index contributed by atoms with van der Waals surface area (Å²) in [6.07, 6.45) is 12.6. The van der Waals surface area contributed by atoms with E-state index in [1.807, 2.05) is 0 Å². The van der Waals surface area contributed by atoms with Crippen molar-refractivity contribution < 1.29 is 72.8 Å². The standard InChI is InChI=1S/2C7H11.2C6H4F3.2Zr/c2*1-2-7-4-3-6(1)5-7;2*7-6(8,9)5-3-1-2-4-5;;/h2*6H,1-5H2;2*1,3H,2H2;;. The maximum absolute atomic E-state index is 12.7. The molecule has 0 aliphatic heterocycles. The Labute approximate surface area is 220 Å². The van der Waals surface area contributed by atoms with Crippen LogP contribution in [0.4, 0.5) is 26.3 Å². The van der Waals surface area contributed by atoms with Gasteiger partial charge in [0.2, 0.25) is 0 Å². The van der Waals surface area contributed by atoms with Crippen LogP contribution in [0.3, 0.4) is 0 Å². The molecule has 0 spiro atoms. The van der Waals surface area contributed by atoms with Crippen LogP contribution in [0.25, 0.3) is 0 Å². The summed E-state index contributed by atoms with van der Waals surface area (Å²) >= 11 is -2.10. The molecule has 8 heteroatoms. The molecule has 4 saturated carbocycles. The van der Waals surface area contributed by atoms with Crippen molar-refractivity contribution in [3.63, 3.8) is 0 Å². The third-order valence-corrected chi connectivity index (χ3v) is 18.7. The molecule has 0 N–H and O–H groups in total. The third-order valence-electron chi connectivity index (χ3n) is 8.79. The van der Waals surface area contributed by atoms with Gasteiger partial charge < -0.3 is 0 Å². The molecule has 4 bridgehead atoms. The van der Waals surface area contributed by atoms with Crippen LogP contribution in [0.5, 0.6) is 0 Å². The summed E-state index contributed by atoms with van der Waals surface area (Å²) < 4.78 is 78.5. The molecule has 0 amide bonds. The molecule has 6 aliphatic carbocycles. The number of alkyl halides is 6. The normalized spacial score (nSPS) is 36.1. The summed E-state index contributed by atoms with van der Waals surface area (Å²) in [6.45, 7) is 0. The van der Waals surface area contributed by atoms with E-state index >= 15 is 0 Å². The first-order valence-corrected chi connectivity index (χ1v) is 17.4. The molecule has 0 heterocycles. The number of fused-ring (bicyclic) bond motifs is 4. The summed E-state index contributed by atoms with van der Waals surface area (Å²) in [5, 5.41) is 0. The van der Waals surface area contributed by atoms with Crippen molar-refractivity contribution in [3.05, 3.63) is 42.0 Å². The van der Waals surface area contributed by atoms with Gasteiger partial charge in [0.25, 0.3) is 0 Å². The molecule has 4 fully saturated rings. The van der Waals surface area contributed by atoms with Gasteiger partial charge in [0.05, 0.1) is 0 Å². The van der Waals surface area contributed by atoms with Gasteiger partial charge in [-0.15, -0.1) is 0 Å².